The van der Waals surface area contributed by atoms with Gasteiger partial charge in [0.15, 0.2) is 5.16 Å². The number of nitrogens with zero attached hydrogens (tertiary/aromatic N) is 1. The number of anilines is 1. The van der Waals surface area contributed by atoms with E-state index in [1.807, 2.05) is 12.1 Å². The molecule has 1 amide bonds. The Labute approximate surface area is 173 Å². The molecule has 0 aliphatic carbocycles. The van der Waals surface area contributed by atoms with Crippen LogP contribution in [0.25, 0.3) is 0 Å². The van der Waals surface area contributed by atoms with Crippen molar-refractivity contribution in [2.75, 3.05) is 5.32 Å². The SMILES string of the molecule is O=C1C[C@@H](c2cc(F)ccc2F)c2c(nc(SCc3cccc(Cl)c3)[nH]c2=O)N1. The fraction of sp³-hybridized carbons (Fsp3) is 0.150. The molecule has 148 valence electrons. The van der Waals surface area contributed by atoms with Crippen molar-refractivity contribution in [2.45, 2.75) is 23.2 Å². The van der Waals surface area contributed by atoms with Crippen LogP contribution in [0.2, 0.25) is 5.02 Å². The van der Waals surface area contributed by atoms with E-state index < -0.39 is 29.0 Å². The summed E-state index contributed by atoms with van der Waals surface area (Å²) in [6.45, 7) is 0. The van der Waals surface area contributed by atoms with Crippen LogP contribution >= 0.6 is 23.4 Å². The third-order valence-corrected chi connectivity index (χ3v) is 5.71. The van der Waals surface area contributed by atoms with E-state index in [0.29, 0.717) is 15.9 Å². The van der Waals surface area contributed by atoms with Crippen molar-refractivity contribution in [3.63, 3.8) is 0 Å². The maximum Gasteiger partial charge on any atom is 0.257 e. The van der Waals surface area contributed by atoms with Crippen molar-refractivity contribution in [1.29, 1.82) is 0 Å². The molecule has 0 bridgehead atoms. The van der Waals surface area contributed by atoms with Gasteiger partial charge in [0.05, 0.1) is 5.56 Å². The summed E-state index contributed by atoms with van der Waals surface area (Å²) in [5.41, 5.74) is 0.498. The number of hydrogen-bond acceptors (Lipinski definition) is 4. The van der Waals surface area contributed by atoms with Gasteiger partial charge in [-0.25, -0.2) is 13.8 Å². The number of aromatic amines is 1. The van der Waals surface area contributed by atoms with Gasteiger partial charge in [0.2, 0.25) is 5.91 Å². The van der Waals surface area contributed by atoms with Gasteiger partial charge in [-0.15, -0.1) is 0 Å². The molecule has 1 aliphatic rings. The molecular formula is C20H14ClF2N3O2S. The van der Waals surface area contributed by atoms with Gasteiger partial charge in [-0.1, -0.05) is 35.5 Å². The van der Waals surface area contributed by atoms with Gasteiger partial charge in [0.25, 0.3) is 5.56 Å². The van der Waals surface area contributed by atoms with Crippen LogP contribution in [0, 0.1) is 11.6 Å². The van der Waals surface area contributed by atoms with Crippen LogP contribution in [0.1, 0.15) is 29.0 Å². The highest BCUT2D eigenvalue weighted by Gasteiger charge is 2.32. The molecule has 29 heavy (non-hydrogen) atoms. The Bertz CT molecular complexity index is 1170. The molecule has 1 aromatic heterocycles. The molecule has 2 heterocycles. The first-order chi connectivity index (χ1) is 13.9. The van der Waals surface area contributed by atoms with E-state index in [0.717, 1.165) is 23.8 Å². The van der Waals surface area contributed by atoms with Crippen LogP contribution in [0.4, 0.5) is 14.6 Å². The summed E-state index contributed by atoms with van der Waals surface area (Å²) in [6, 6.07) is 10.2. The van der Waals surface area contributed by atoms with Crippen LogP contribution in [-0.2, 0) is 10.5 Å². The summed E-state index contributed by atoms with van der Waals surface area (Å²) in [5, 5.41) is 3.46. The molecule has 4 rings (SSSR count). The van der Waals surface area contributed by atoms with E-state index in [2.05, 4.69) is 15.3 Å². The highest BCUT2D eigenvalue weighted by Crippen LogP contribution is 2.36. The van der Waals surface area contributed by atoms with Gasteiger partial charge in [-0.05, 0) is 41.5 Å². The maximum atomic E-state index is 14.3. The summed E-state index contributed by atoms with van der Waals surface area (Å²) < 4.78 is 27.9. The number of rotatable bonds is 4. The summed E-state index contributed by atoms with van der Waals surface area (Å²) in [7, 11) is 0. The largest absolute Gasteiger partial charge is 0.310 e. The van der Waals surface area contributed by atoms with Crippen LogP contribution in [-0.4, -0.2) is 15.9 Å². The van der Waals surface area contributed by atoms with E-state index in [9.17, 15) is 18.4 Å². The van der Waals surface area contributed by atoms with E-state index in [1.54, 1.807) is 12.1 Å². The minimum Gasteiger partial charge on any atom is -0.310 e. The highest BCUT2D eigenvalue weighted by molar-refractivity contribution is 7.98. The zero-order chi connectivity index (χ0) is 20.5. The van der Waals surface area contributed by atoms with Gasteiger partial charge in [-0.2, -0.15) is 0 Å². The zero-order valence-electron chi connectivity index (χ0n) is 14.8. The predicted molar refractivity (Wildman–Crippen MR) is 107 cm³/mol. The molecule has 0 unspecified atom stereocenters. The number of carbonyl (C=O) groups excluding carboxylic acids is 1. The first kappa shape index (κ1) is 19.6. The van der Waals surface area contributed by atoms with Gasteiger partial charge >= 0.3 is 0 Å². The second-order valence-electron chi connectivity index (χ2n) is 6.52. The van der Waals surface area contributed by atoms with Crippen LogP contribution in [0.3, 0.4) is 0 Å². The van der Waals surface area contributed by atoms with Crippen molar-refractivity contribution in [1.82, 2.24) is 9.97 Å². The third kappa shape index (κ3) is 4.18. The quantitative estimate of drug-likeness (QED) is 0.470. The third-order valence-electron chi connectivity index (χ3n) is 4.53. The van der Waals surface area contributed by atoms with Crippen molar-refractivity contribution >= 4 is 35.1 Å². The summed E-state index contributed by atoms with van der Waals surface area (Å²) in [4.78, 5) is 31.9. The van der Waals surface area contributed by atoms with Gasteiger partial charge in [-0.3, -0.25) is 9.59 Å². The summed E-state index contributed by atoms with van der Waals surface area (Å²) in [5.74, 6) is -2.11. The van der Waals surface area contributed by atoms with E-state index in [4.69, 9.17) is 11.6 Å². The van der Waals surface area contributed by atoms with E-state index in [-0.39, 0.29) is 23.4 Å². The molecule has 0 spiro atoms. The smallest absolute Gasteiger partial charge is 0.257 e. The lowest BCUT2D eigenvalue weighted by Gasteiger charge is -2.24. The standard InChI is InChI=1S/C20H14ClF2N3O2S/c21-11-3-1-2-10(6-11)9-29-20-25-18-17(19(28)26-20)14(8-16(27)24-18)13-7-12(22)4-5-15(13)23/h1-7,14H,8-9H2,(H2,24,25,26,27,28)/t14-/m0/s1. The fourth-order valence-corrected chi connectivity index (χ4v) is 4.26. The Balaban J connectivity index is 1.69. The van der Waals surface area contributed by atoms with Crippen LogP contribution in [0.5, 0.6) is 0 Å². The number of amides is 1. The zero-order valence-corrected chi connectivity index (χ0v) is 16.4. The number of halogens is 3. The van der Waals surface area contributed by atoms with Crippen LogP contribution < -0.4 is 10.9 Å². The topological polar surface area (TPSA) is 74.8 Å². The monoisotopic (exact) mass is 433 g/mol. The molecule has 0 fully saturated rings. The number of hydrogen-bond donors (Lipinski definition) is 2. The predicted octanol–water partition coefficient (Wildman–Crippen LogP) is 4.47. The molecule has 1 aliphatic heterocycles. The lowest BCUT2D eigenvalue weighted by atomic mass is 9.86. The minimum absolute atomic E-state index is 0.0484. The Hall–Kier alpha value is -2.71. The number of nitrogens with one attached hydrogen (secondary N) is 2. The number of aromatic nitrogens is 2. The number of carbonyl (C=O) groups is 1. The molecular weight excluding hydrogens is 420 g/mol. The lowest BCUT2D eigenvalue weighted by Crippen LogP contribution is -2.31. The normalized spacial score (nSPS) is 15.7. The molecule has 0 saturated carbocycles. The maximum absolute atomic E-state index is 14.3. The molecule has 3 aromatic rings. The molecule has 2 N–H and O–H groups in total. The Kier molecular flexibility index (Phi) is 5.38. The molecule has 2 aromatic carbocycles. The summed E-state index contributed by atoms with van der Waals surface area (Å²) in [6.07, 6.45) is -0.173. The van der Waals surface area contributed by atoms with Gasteiger partial charge in [0, 0.05) is 23.1 Å². The van der Waals surface area contributed by atoms with Crippen LogP contribution in [0.15, 0.2) is 52.4 Å². The minimum atomic E-state index is -0.919. The number of H-pyrrole nitrogens is 1. The lowest BCUT2D eigenvalue weighted by molar-refractivity contribution is -0.116. The van der Waals surface area contributed by atoms with Gasteiger partial charge in [0.1, 0.15) is 17.5 Å². The Morgan fingerprint density at radius 1 is 1.17 bits per heavy atom. The first-order valence-electron chi connectivity index (χ1n) is 8.67. The summed E-state index contributed by atoms with van der Waals surface area (Å²) >= 11 is 7.24. The van der Waals surface area contributed by atoms with Crippen molar-refractivity contribution in [2.24, 2.45) is 0 Å². The number of benzene rings is 2. The second-order valence-corrected chi connectivity index (χ2v) is 7.92. The van der Waals surface area contributed by atoms with E-state index in [1.165, 1.54) is 11.8 Å². The number of fused-ring (bicyclic) bond motifs is 1. The average molecular weight is 434 g/mol. The number of thioether (sulfide) groups is 1. The molecule has 1 atom stereocenters. The Morgan fingerprint density at radius 3 is 2.79 bits per heavy atom. The molecule has 0 saturated heterocycles. The highest BCUT2D eigenvalue weighted by atomic mass is 35.5. The average Bonchev–Trinajstić information content (AvgIpc) is 2.67. The second kappa shape index (κ2) is 7.96. The fourth-order valence-electron chi connectivity index (χ4n) is 3.24. The van der Waals surface area contributed by atoms with Crippen molar-refractivity contribution in [3.05, 3.63) is 86.2 Å². The molecule has 5 nitrogen and oxygen atoms in total. The van der Waals surface area contributed by atoms with Gasteiger partial charge < -0.3 is 10.3 Å². The molecule has 9 heteroatoms. The first-order valence-corrected chi connectivity index (χ1v) is 10.0. The van der Waals surface area contributed by atoms with Crippen molar-refractivity contribution < 1.29 is 13.6 Å². The van der Waals surface area contributed by atoms with Crippen molar-refractivity contribution in [3.8, 4) is 0 Å². The Morgan fingerprint density at radius 2 is 2.00 bits per heavy atom. The molecule has 0 radical (unpaired) electrons. The van der Waals surface area contributed by atoms with E-state index >= 15 is 0 Å².